The number of benzene rings is 1. The molecule has 1 aliphatic rings. The van der Waals surface area contributed by atoms with Crippen molar-refractivity contribution in [2.75, 3.05) is 26.4 Å². The van der Waals surface area contributed by atoms with Crippen molar-refractivity contribution >= 4 is 7.82 Å². The first-order valence-corrected chi connectivity index (χ1v) is 7.46. The van der Waals surface area contributed by atoms with Crippen LogP contribution in [0.4, 0.5) is 0 Å². The Hall–Kier alpha value is -0.870. The maximum absolute atomic E-state index is 11.8. The molecular weight excluding hydrogens is 255 g/mol. The predicted molar refractivity (Wildman–Crippen MR) is 66.6 cm³/mol. The van der Waals surface area contributed by atoms with Gasteiger partial charge in [0.15, 0.2) is 0 Å². The normalized spacial score (nSPS) is 18.4. The quantitative estimate of drug-likeness (QED) is 0.588. The van der Waals surface area contributed by atoms with Crippen LogP contribution >= 0.6 is 7.82 Å². The molecule has 0 aromatic heterocycles. The second-order valence-electron chi connectivity index (χ2n) is 3.82. The van der Waals surface area contributed by atoms with Gasteiger partial charge in [0.2, 0.25) is 0 Å². The highest BCUT2D eigenvalue weighted by atomic mass is 31.2. The van der Waals surface area contributed by atoms with Crippen LogP contribution in [0.5, 0.6) is 5.75 Å². The molecule has 2 rings (SSSR count). The molecule has 0 radical (unpaired) electrons. The Morgan fingerprint density at radius 1 is 1.11 bits per heavy atom. The first-order valence-electron chi connectivity index (χ1n) is 6.00. The molecule has 0 amide bonds. The summed E-state index contributed by atoms with van der Waals surface area (Å²) in [5, 5.41) is 0. The number of ether oxygens (including phenoxy) is 1. The summed E-state index contributed by atoms with van der Waals surface area (Å²) in [6, 6.07) is 9.52. The van der Waals surface area contributed by atoms with Gasteiger partial charge in [-0.05, 0) is 18.6 Å². The molecule has 1 aliphatic heterocycles. The minimum atomic E-state index is -3.28. The van der Waals surface area contributed by atoms with E-state index in [1.807, 2.05) is 30.3 Å². The molecule has 0 spiro atoms. The van der Waals surface area contributed by atoms with Crippen molar-refractivity contribution in [3.05, 3.63) is 30.3 Å². The fourth-order valence-electron chi connectivity index (χ4n) is 1.47. The molecule has 1 aromatic rings. The summed E-state index contributed by atoms with van der Waals surface area (Å²) in [7, 11) is -3.28. The standard InChI is InChI=1S/C12H17O5P/c13-18(16-10-5-11-17-18)15-9-4-8-14-12-6-2-1-3-7-12/h1-3,6-7H,4-5,8-11H2. The van der Waals surface area contributed by atoms with Gasteiger partial charge in [0.05, 0.1) is 26.4 Å². The van der Waals surface area contributed by atoms with Crippen molar-refractivity contribution in [2.24, 2.45) is 0 Å². The predicted octanol–water partition coefficient (Wildman–Crippen LogP) is 3.02. The molecule has 0 unspecified atom stereocenters. The van der Waals surface area contributed by atoms with Gasteiger partial charge in [-0.1, -0.05) is 18.2 Å². The first-order chi connectivity index (χ1) is 8.79. The van der Waals surface area contributed by atoms with Crippen molar-refractivity contribution in [3.8, 4) is 5.75 Å². The Balaban J connectivity index is 1.60. The third-order valence-electron chi connectivity index (χ3n) is 2.34. The van der Waals surface area contributed by atoms with Crippen molar-refractivity contribution in [3.63, 3.8) is 0 Å². The molecule has 5 nitrogen and oxygen atoms in total. The van der Waals surface area contributed by atoms with Gasteiger partial charge in [-0.2, -0.15) is 0 Å². The molecule has 0 atom stereocenters. The topological polar surface area (TPSA) is 54.0 Å². The zero-order valence-corrected chi connectivity index (χ0v) is 11.0. The van der Waals surface area contributed by atoms with E-state index >= 15 is 0 Å². The van der Waals surface area contributed by atoms with E-state index in [-0.39, 0.29) is 0 Å². The molecule has 6 heteroatoms. The Bertz CT molecular complexity index is 385. The summed E-state index contributed by atoms with van der Waals surface area (Å²) in [4.78, 5) is 0. The third-order valence-corrected chi connectivity index (χ3v) is 3.83. The Morgan fingerprint density at radius 2 is 1.83 bits per heavy atom. The van der Waals surface area contributed by atoms with Crippen molar-refractivity contribution < 1.29 is 22.9 Å². The number of phosphoric ester groups is 1. The Morgan fingerprint density at radius 3 is 2.56 bits per heavy atom. The van der Waals surface area contributed by atoms with Crippen molar-refractivity contribution in [1.29, 1.82) is 0 Å². The lowest BCUT2D eigenvalue weighted by atomic mass is 10.3. The second kappa shape index (κ2) is 6.90. The van der Waals surface area contributed by atoms with E-state index in [2.05, 4.69) is 0 Å². The average molecular weight is 272 g/mol. The van der Waals surface area contributed by atoms with Crippen LogP contribution in [0.1, 0.15) is 12.8 Å². The zero-order valence-electron chi connectivity index (χ0n) is 10.1. The lowest BCUT2D eigenvalue weighted by molar-refractivity contribution is 0.0719. The van der Waals surface area contributed by atoms with Crippen LogP contribution < -0.4 is 4.74 Å². The zero-order chi connectivity index (χ0) is 12.7. The number of phosphoric acid groups is 1. The molecule has 1 fully saturated rings. The fraction of sp³-hybridized carbons (Fsp3) is 0.500. The van der Waals surface area contributed by atoms with Crippen LogP contribution in [0.2, 0.25) is 0 Å². The summed E-state index contributed by atoms with van der Waals surface area (Å²) in [6.07, 6.45) is 1.38. The highest BCUT2D eigenvalue weighted by Gasteiger charge is 2.29. The maximum atomic E-state index is 11.8. The molecular formula is C12H17O5P. The SMILES string of the molecule is O=P1(OCCCOc2ccccc2)OCCCO1. The summed E-state index contributed by atoms with van der Waals surface area (Å²) >= 11 is 0. The minimum absolute atomic E-state index is 0.296. The number of hydrogen-bond donors (Lipinski definition) is 0. The molecule has 100 valence electrons. The molecule has 18 heavy (non-hydrogen) atoms. The van der Waals surface area contributed by atoms with E-state index in [1.165, 1.54) is 0 Å². The van der Waals surface area contributed by atoms with Crippen molar-refractivity contribution in [1.82, 2.24) is 0 Å². The molecule has 1 aromatic carbocycles. The van der Waals surface area contributed by atoms with E-state index in [0.717, 1.165) is 12.2 Å². The molecule has 0 saturated carbocycles. The Labute approximate surface area is 107 Å². The van der Waals surface area contributed by atoms with Gasteiger partial charge in [-0.3, -0.25) is 13.6 Å². The van der Waals surface area contributed by atoms with Crippen LogP contribution in [-0.2, 0) is 18.1 Å². The van der Waals surface area contributed by atoms with Gasteiger partial charge < -0.3 is 4.74 Å². The second-order valence-corrected chi connectivity index (χ2v) is 5.48. The summed E-state index contributed by atoms with van der Waals surface area (Å²) in [5.74, 6) is 0.814. The summed E-state index contributed by atoms with van der Waals surface area (Å²) in [6.45, 7) is 1.66. The van der Waals surface area contributed by atoms with Crippen LogP contribution in [0.25, 0.3) is 0 Å². The van der Waals surface area contributed by atoms with Gasteiger partial charge in [0.1, 0.15) is 5.75 Å². The molecule has 0 aliphatic carbocycles. The van der Waals surface area contributed by atoms with Gasteiger partial charge >= 0.3 is 7.82 Å². The molecule has 0 bridgehead atoms. The van der Waals surface area contributed by atoms with E-state index in [0.29, 0.717) is 32.8 Å². The minimum Gasteiger partial charge on any atom is -0.494 e. The highest BCUT2D eigenvalue weighted by molar-refractivity contribution is 7.48. The fourth-order valence-corrected chi connectivity index (χ4v) is 2.75. The number of hydrogen-bond acceptors (Lipinski definition) is 5. The van der Waals surface area contributed by atoms with Crippen LogP contribution in [0, 0.1) is 0 Å². The van der Waals surface area contributed by atoms with Crippen LogP contribution in [0.3, 0.4) is 0 Å². The van der Waals surface area contributed by atoms with Crippen LogP contribution in [0.15, 0.2) is 30.3 Å². The van der Waals surface area contributed by atoms with Crippen LogP contribution in [-0.4, -0.2) is 26.4 Å². The Kier molecular flexibility index (Phi) is 5.20. The van der Waals surface area contributed by atoms with Gasteiger partial charge in [-0.15, -0.1) is 0 Å². The number of para-hydroxylation sites is 1. The molecule has 1 heterocycles. The van der Waals surface area contributed by atoms with E-state index in [9.17, 15) is 4.57 Å². The summed E-state index contributed by atoms with van der Waals surface area (Å²) in [5.41, 5.74) is 0. The lowest BCUT2D eigenvalue weighted by Gasteiger charge is -2.21. The third kappa shape index (κ3) is 4.42. The smallest absolute Gasteiger partial charge is 0.474 e. The highest BCUT2D eigenvalue weighted by Crippen LogP contribution is 2.51. The van der Waals surface area contributed by atoms with E-state index in [1.54, 1.807) is 0 Å². The molecule has 1 saturated heterocycles. The average Bonchev–Trinajstić information content (AvgIpc) is 2.40. The maximum Gasteiger partial charge on any atom is 0.474 e. The molecule has 0 N–H and O–H groups in total. The monoisotopic (exact) mass is 272 g/mol. The summed E-state index contributed by atoms with van der Waals surface area (Å²) < 4.78 is 32.4. The van der Waals surface area contributed by atoms with E-state index in [4.69, 9.17) is 18.3 Å². The first kappa shape index (κ1) is 13.6. The van der Waals surface area contributed by atoms with E-state index < -0.39 is 7.82 Å². The lowest BCUT2D eigenvalue weighted by Crippen LogP contribution is -2.11. The van der Waals surface area contributed by atoms with Gasteiger partial charge in [0, 0.05) is 6.42 Å². The van der Waals surface area contributed by atoms with Crippen molar-refractivity contribution in [2.45, 2.75) is 12.8 Å². The van der Waals surface area contributed by atoms with Gasteiger partial charge in [-0.25, -0.2) is 4.57 Å². The van der Waals surface area contributed by atoms with Gasteiger partial charge in [0.25, 0.3) is 0 Å². The number of rotatable bonds is 6. The largest absolute Gasteiger partial charge is 0.494 e.